The average molecular weight is 307 g/mol. The molecule has 1 atom stereocenters. The summed E-state index contributed by atoms with van der Waals surface area (Å²) in [6.45, 7) is 2.17. The maximum atomic E-state index is 12.0. The molecule has 0 aliphatic carbocycles. The van der Waals surface area contributed by atoms with Gasteiger partial charge in [-0.3, -0.25) is 4.68 Å². The summed E-state index contributed by atoms with van der Waals surface area (Å²) in [7, 11) is -3.52. The van der Waals surface area contributed by atoms with Crippen LogP contribution in [0.5, 0.6) is 0 Å². The van der Waals surface area contributed by atoms with Gasteiger partial charge in [-0.15, -0.1) is 11.3 Å². The van der Waals surface area contributed by atoms with Crippen LogP contribution in [0.2, 0.25) is 4.34 Å². The third kappa shape index (κ3) is 3.29. The van der Waals surface area contributed by atoms with Crippen LogP contribution >= 0.6 is 22.9 Å². The Bertz CT molecular complexity index is 608. The molecule has 0 unspecified atom stereocenters. The largest absolute Gasteiger partial charge is 0.251 e. The fourth-order valence-corrected chi connectivity index (χ4v) is 4.14. The van der Waals surface area contributed by atoms with Gasteiger partial charge in [0.1, 0.15) is 16.9 Å². The van der Waals surface area contributed by atoms with Gasteiger partial charge in [-0.05, 0) is 19.1 Å². The monoisotopic (exact) mass is 306 g/mol. The predicted molar refractivity (Wildman–Crippen MR) is 69.1 cm³/mol. The molecule has 9 heteroatoms. The lowest BCUT2D eigenvalue weighted by molar-refractivity contribution is 0.494. The van der Waals surface area contributed by atoms with Crippen LogP contribution in [0.4, 0.5) is 0 Å². The fraction of sp³-hybridized carbons (Fsp3) is 0.333. The molecule has 2 aromatic rings. The molecule has 1 N–H and O–H groups in total. The van der Waals surface area contributed by atoms with Crippen LogP contribution in [0.1, 0.15) is 6.92 Å². The number of hydrogen-bond donors (Lipinski definition) is 1. The highest BCUT2D eigenvalue weighted by Gasteiger charge is 2.19. The van der Waals surface area contributed by atoms with Crippen LogP contribution in [-0.4, -0.2) is 29.2 Å². The van der Waals surface area contributed by atoms with E-state index in [1.54, 1.807) is 17.7 Å². The summed E-state index contributed by atoms with van der Waals surface area (Å²) in [6, 6.07) is 2.75. The van der Waals surface area contributed by atoms with E-state index in [4.69, 9.17) is 11.6 Å². The van der Waals surface area contributed by atoms with Crippen molar-refractivity contribution in [2.24, 2.45) is 0 Å². The van der Waals surface area contributed by atoms with Crippen molar-refractivity contribution in [3.63, 3.8) is 0 Å². The summed E-state index contributed by atoms with van der Waals surface area (Å²) < 4.78 is 28.7. The van der Waals surface area contributed by atoms with E-state index in [0.29, 0.717) is 10.9 Å². The van der Waals surface area contributed by atoms with Gasteiger partial charge in [-0.1, -0.05) is 11.6 Å². The third-order valence-electron chi connectivity index (χ3n) is 2.10. The highest BCUT2D eigenvalue weighted by Crippen LogP contribution is 2.25. The number of nitrogens with zero attached hydrogens (tertiary/aromatic N) is 3. The van der Waals surface area contributed by atoms with Crippen molar-refractivity contribution in [1.29, 1.82) is 0 Å². The summed E-state index contributed by atoms with van der Waals surface area (Å²) in [6.07, 6.45) is 2.94. The second kappa shape index (κ2) is 5.35. The molecule has 0 aromatic carbocycles. The maximum Gasteiger partial charge on any atom is 0.250 e. The molecular weight excluding hydrogens is 296 g/mol. The van der Waals surface area contributed by atoms with Crippen LogP contribution in [-0.2, 0) is 16.6 Å². The van der Waals surface area contributed by atoms with Gasteiger partial charge in [0.2, 0.25) is 10.0 Å². The lowest BCUT2D eigenvalue weighted by atomic mass is 10.4. The number of thiophene rings is 1. The standard InChI is InChI=1S/C9H11ClN4O2S2/c1-7(4-14-6-11-5-12-14)13-18(15,16)9-3-2-8(10)17-9/h2-3,5-7,13H,4H2,1H3/t7-/m1/s1. The zero-order chi connectivity index (χ0) is 13.2. The van der Waals surface area contributed by atoms with Gasteiger partial charge in [0.05, 0.1) is 10.9 Å². The average Bonchev–Trinajstić information content (AvgIpc) is 2.88. The topological polar surface area (TPSA) is 76.9 Å². The minimum atomic E-state index is -3.52. The van der Waals surface area contributed by atoms with Gasteiger partial charge in [0.25, 0.3) is 0 Å². The third-order valence-corrected chi connectivity index (χ3v) is 5.41. The van der Waals surface area contributed by atoms with Crippen molar-refractivity contribution in [3.8, 4) is 0 Å². The molecule has 0 saturated heterocycles. The van der Waals surface area contributed by atoms with Crippen molar-refractivity contribution in [2.75, 3.05) is 0 Å². The molecule has 0 aliphatic heterocycles. The van der Waals surface area contributed by atoms with Crippen molar-refractivity contribution in [2.45, 2.75) is 23.7 Å². The smallest absolute Gasteiger partial charge is 0.250 e. The molecule has 0 spiro atoms. The molecule has 2 heterocycles. The molecule has 0 fully saturated rings. The first kappa shape index (κ1) is 13.5. The van der Waals surface area contributed by atoms with Crippen molar-refractivity contribution < 1.29 is 8.42 Å². The number of sulfonamides is 1. The van der Waals surface area contributed by atoms with E-state index in [9.17, 15) is 8.42 Å². The summed E-state index contributed by atoms with van der Waals surface area (Å²) in [5.41, 5.74) is 0. The molecule has 0 aliphatic rings. The molecule has 0 amide bonds. The fourth-order valence-electron chi connectivity index (χ4n) is 1.41. The van der Waals surface area contributed by atoms with Crippen LogP contribution in [0, 0.1) is 0 Å². The van der Waals surface area contributed by atoms with E-state index in [2.05, 4.69) is 14.8 Å². The van der Waals surface area contributed by atoms with Gasteiger partial charge in [-0.2, -0.15) is 5.10 Å². The Hall–Kier alpha value is -0.960. The lowest BCUT2D eigenvalue weighted by Gasteiger charge is -2.12. The van der Waals surface area contributed by atoms with Gasteiger partial charge in [0, 0.05) is 6.04 Å². The Balaban J connectivity index is 2.04. The van der Waals surface area contributed by atoms with Crippen molar-refractivity contribution in [1.82, 2.24) is 19.5 Å². The van der Waals surface area contributed by atoms with Gasteiger partial charge in [-0.25, -0.2) is 18.1 Å². The molecular formula is C9H11ClN4O2S2. The highest BCUT2D eigenvalue weighted by atomic mass is 35.5. The molecule has 2 rings (SSSR count). The van der Waals surface area contributed by atoms with E-state index in [1.807, 2.05) is 0 Å². The van der Waals surface area contributed by atoms with Crippen molar-refractivity contribution in [3.05, 3.63) is 29.1 Å². The Labute approximate surface area is 114 Å². The number of hydrogen-bond acceptors (Lipinski definition) is 5. The van der Waals surface area contributed by atoms with Crippen LogP contribution < -0.4 is 4.72 Å². The quantitative estimate of drug-likeness (QED) is 0.905. The second-order valence-corrected chi connectivity index (χ2v) is 7.35. The van der Waals surface area contributed by atoms with E-state index < -0.39 is 10.0 Å². The summed E-state index contributed by atoms with van der Waals surface area (Å²) >= 11 is 6.75. The Morgan fingerprint density at radius 2 is 2.33 bits per heavy atom. The van der Waals surface area contributed by atoms with Crippen LogP contribution in [0.3, 0.4) is 0 Å². The van der Waals surface area contributed by atoms with Crippen molar-refractivity contribution >= 4 is 33.0 Å². The zero-order valence-electron chi connectivity index (χ0n) is 9.45. The molecule has 0 bridgehead atoms. The first-order valence-corrected chi connectivity index (χ1v) is 7.75. The summed E-state index contributed by atoms with van der Waals surface area (Å²) in [5.74, 6) is 0. The predicted octanol–water partition coefficient (Wildman–Crippen LogP) is 1.36. The van der Waals surface area contributed by atoms with E-state index in [-0.39, 0.29) is 10.3 Å². The van der Waals surface area contributed by atoms with E-state index in [1.165, 1.54) is 18.7 Å². The highest BCUT2D eigenvalue weighted by molar-refractivity contribution is 7.91. The molecule has 98 valence electrons. The zero-order valence-corrected chi connectivity index (χ0v) is 11.8. The minimum absolute atomic E-state index is 0.206. The first-order chi connectivity index (χ1) is 8.47. The summed E-state index contributed by atoms with van der Waals surface area (Å²) in [5, 5.41) is 3.92. The Kier molecular flexibility index (Phi) is 4.00. The first-order valence-electron chi connectivity index (χ1n) is 5.07. The Morgan fingerprint density at radius 3 is 2.89 bits per heavy atom. The number of nitrogens with one attached hydrogen (secondary N) is 1. The minimum Gasteiger partial charge on any atom is -0.251 e. The van der Waals surface area contributed by atoms with E-state index in [0.717, 1.165) is 11.3 Å². The molecule has 6 nitrogen and oxygen atoms in total. The SMILES string of the molecule is C[C@H](Cn1cncn1)NS(=O)(=O)c1ccc(Cl)s1. The van der Waals surface area contributed by atoms with Gasteiger partial charge < -0.3 is 0 Å². The normalized spacial score (nSPS) is 13.7. The van der Waals surface area contributed by atoms with Gasteiger partial charge >= 0.3 is 0 Å². The van der Waals surface area contributed by atoms with Crippen LogP contribution in [0.25, 0.3) is 0 Å². The second-order valence-electron chi connectivity index (χ2n) is 3.70. The van der Waals surface area contributed by atoms with E-state index >= 15 is 0 Å². The molecule has 0 saturated carbocycles. The lowest BCUT2D eigenvalue weighted by Crippen LogP contribution is -2.35. The Morgan fingerprint density at radius 1 is 1.56 bits per heavy atom. The molecule has 18 heavy (non-hydrogen) atoms. The molecule has 2 aromatic heterocycles. The number of rotatable bonds is 5. The maximum absolute atomic E-state index is 12.0. The molecule has 0 radical (unpaired) electrons. The van der Waals surface area contributed by atoms with Gasteiger partial charge in [0.15, 0.2) is 0 Å². The summed E-state index contributed by atoms with van der Waals surface area (Å²) in [4.78, 5) is 3.79. The number of aromatic nitrogens is 3. The van der Waals surface area contributed by atoms with Crippen LogP contribution in [0.15, 0.2) is 29.0 Å². The number of halogens is 1.